The number of hydrogen-bond acceptors (Lipinski definition) is 5. The summed E-state index contributed by atoms with van der Waals surface area (Å²) in [6.45, 7) is 10.7. The molecule has 2 unspecified atom stereocenters. The second kappa shape index (κ2) is 21.7. The van der Waals surface area contributed by atoms with E-state index in [1.807, 2.05) is 24.3 Å². The summed E-state index contributed by atoms with van der Waals surface area (Å²) in [5.74, 6) is -5.12. The van der Waals surface area contributed by atoms with E-state index in [4.69, 9.17) is 10.5 Å². The van der Waals surface area contributed by atoms with Crippen LogP contribution in [-0.2, 0) is 17.6 Å². The number of halogens is 6. The Hall–Kier alpha value is -4.39. The minimum absolute atomic E-state index is 0.0239. The van der Waals surface area contributed by atoms with Gasteiger partial charge in [0, 0.05) is 43.9 Å². The second-order valence-corrected chi connectivity index (χ2v) is 16.9. The van der Waals surface area contributed by atoms with Gasteiger partial charge in [0.2, 0.25) is 0 Å². The lowest BCUT2D eigenvalue weighted by Crippen LogP contribution is -2.43. The number of nitrogens with two attached hydrogens (primary N) is 1. The minimum atomic E-state index is -1.23. The summed E-state index contributed by atoms with van der Waals surface area (Å²) in [5.41, 5.74) is 8.27. The molecule has 0 aromatic heterocycles. The van der Waals surface area contributed by atoms with Crippen LogP contribution in [0.3, 0.4) is 0 Å². The van der Waals surface area contributed by atoms with Crippen LogP contribution >= 0.6 is 0 Å². The third-order valence-electron chi connectivity index (χ3n) is 11.0. The SMILES string of the molecule is CC(C)(C)OC(=O)N[C@@H](CCN1CCCC(c2ccccc2)C1)Cc1cc(F)c(F)cc1F.N[C@@H](CCN1CCCC(c2ccccc2)C1)Cc1cc(F)c(F)cc1F. The van der Waals surface area contributed by atoms with Crippen molar-refractivity contribution in [2.24, 2.45) is 5.73 Å². The van der Waals surface area contributed by atoms with Crippen LogP contribution in [0.25, 0.3) is 0 Å². The summed E-state index contributed by atoms with van der Waals surface area (Å²) in [6, 6.07) is 23.0. The highest BCUT2D eigenvalue weighted by atomic mass is 19.2. The molecule has 2 saturated heterocycles. The summed E-state index contributed by atoms with van der Waals surface area (Å²) in [5, 5.41) is 2.80. The molecule has 0 saturated carbocycles. The van der Waals surface area contributed by atoms with Gasteiger partial charge < -0.3 is 25.6 Å². The highest BCUT2D eigenvalue weighted by Gasteiger charge is 2.26. The van der Waals surface area contributed by atoms with Crippen molar-refractivity contribution in [3.63, 3.8) is 0 Å². The molecular formula is C47H58F6N4O2. The number of nitrogens with zero attached hydrogens (tertiary/aromatic N) is 2. The third kappa shape index (κ3) is 14.7. The first-order valence-corrected chi connectivity index (χ1v) is 20.7. The van der Waals surface area contributed by atoms with Gasteiger partial charge in [-0.2, -0.15) is 0 Å². The zero-order chi connectivity index (χ0) is 42.5. The maximum absolute atomic E-state index is 14.3. The zero-order valence-corrected chi connectivity index (χ0v) is 34.3. The Morgan fingerprint density at radius 3 is 1.59 bits per heavy atom. The first-order chi connectivity index (χ1) is 28.1. The van der Waals surface area contributed by atoms with Crippen molar-refractivity contribution in [1.82, 2.24) is 15.1 Å². The van der Waals surface area contributed by atoms with Crippen LogP contribution in [-0.4, -0.2) is 72.8 Å². The van der Waals surface area contributed by atoms with Crippen molar-refractivity contribution in [2.45, 2.75) is 102 Å². The van der Waals surface area contributed by atoms with Crippen LogP contribution in [0.15, 0.2) is 84.9 Å². The first-order valence-electron chi connectivity index (χ1n) is 20.7. The predicted octanol–water partition coefficient (Wildman–Crippen LogP) is 10.1. The van der Waals surface area contributed by atoms with Crippen molar-refractivity contribution in [2.75, 3.05) is 39.3 Å². The summed E-state index contributed by atoms with van der Waals surface area (Å²) in [7, 11) is 0. The minimum Gasteiger partial charge on any atom is -0.444 e. The smallest absolute Gasteiger partial charge is 0.407 e. The second-order valence-electron chi connectivity index (χ2n) is 16.9. The average molecular weight is 825 g/mol. The number of carbonyl (C=O) groups is 1. The largest absolute Gasteiger partial charge is 0.444 e. The lowest BCUT2D eigenvalue weighted by atomic mass is 9.90. The van der Waals surface area contributed by atoms with E-state index in [0.717, 1.165) is 64.1 Å². The third-order valence-corrected chi connectivity index (χ3v) is 11.0. The van der Waals surface area contributed by atoms with Gasteiger partial charge in [-0.3, -0.25) is 0 Å². The Balaban J connectivity index is 0.000000230. The number of ether oxygens (including phenoxy) is 1. The van der Waals surface area contributed by atoms with Crippen molar-refractivity contribution in [3.05, 3.63) is 142 Å². The van der Waals surface area contributed by atoms with E-state index in [9.17, 15) is 31.1 Å². The van der Waals surface area contributed by atoms with Crippen LogP contribution in [0.4, 0.5) is 31.1 Å². The Labute approximate surface area is 345 Å². The monoisotopic (exact) mass is 824 g/mol. The maximum atomic E-state index is 14.3. The number of likely N-dealkylation sites (tertiary alicyclic amines) is 2. The van der Waals surface area contributed by atoms with Gasteiger partial charge >= 0.3 is 6.09 Å². The van der Waals surface area contributed by atoms with E-state index < -0.39 is 52.6 Å². The molecule has 4 aromatic carbocycles. The van der Waals surface area contributed by atoms with E-state index in [-0.39, 0.29) is 30.0 Å². The van der Waals surface area contributed by atoms with E-state index in [1.54, 1.807) is 20.8 Å². The number of rotatable bonds is 13. The predicted molar refractivity (Wildman–Crippen MR) is 220 cm³/mol. The van der Waals surface area contributed by atoms with Gasteiger partial charge in [0.05, 0.1) is 0 Å². The summed E-state index contributed by atoms with van der Waals surface area (Å²) < 4.78 is 86.8. The van der Waals surface area contributed by atoms with Crippen molar-refractivity contribution in [3.8, 4) is 0 Å². The van der Waals surface area contributed by atoms with Crippen molar-refractivity contribution < 1.29 is 35.9 Å². The molecule has 2 heterocycles. The van der Waals surface area contributed by atoms with Crippen molar-refractivity contribution >= 4 is 6.09 Å². The number of amides is 1. The first kappa shape index (κ1) is 45.7. The molecule has 2 aliphatic heterocycles. The molecule has 0 bridgehead atoms. The van der Waals surface area contributed by atoms with Gasteiger partial charge in [-0.05, 0) is 138 Å². The Bertz CT molecular complexity index is 1930. The maximum Gasteiger partial charge on any atom is 0.407 e. The fourth-order valence-corrected chi connectivity index (χ4v) is 7.99. The summed E-state index contributed by atoms with van der Waals surface area (Å²) in [6.07, 6.45) is 5.38. The molecule has 6 rings (SSSR count). The fraction of sp³-hybridized carbons (Fsp3) is 0.468. The van der Waals surface area contributed by atoms with Gasteiger partial charge in [0.15, 0.2) is 23.3 Å². The van der Waals surface area contributed by atoms with Gasteiger partial charge in [0.1, 0.15) is 17.2 Å². The van der Waals surface area contributed by atoms with Crippen LogP contribution in [0.5, 0.6) is 0 Å². The van der Waals surface area contributed by atoms with Gasteiger partial charge in [-0.15, -0.1) is 0 Å². The molecule has 12 heteroatoms. The molecule has 59 heavy (non-hydrogen) atoms. The van der Waals surface area contributed by atoms with Crippen LogP contribution in [0.2, 0.25) is 0 Å². The lowest BCUT2D eigenvalue weighted by Gasteiger charge is -2.34. The Morgan fingerprint density at radius 1 is 0.678 bits per heavy atom. The average Bonchev–Trinajstić information content (AvgIpc) is 3.20. The molecule has 6 nitrogen and oxygen atoms in total. The van der Waals surface area contributed by atoms with Gasteiger partial charge in [0.25, 0.3) is 0 Å². The molecule has 2 fully saturated rings. The quantitative estimate of drug-likeness (QED) is 0.104. The molecule has 4 atom stereocenters. The number of benzene rings is 4. The molecule has 2 aliphatic rings. The normalized spacial score (nSPS) is 18.7. The Morgan fingerprint density at radius 2 is 1.12 bits per heavy atom. The molecular weight excluding hydrogens is 767 g/mol. The van der Waals surface area contributed by atoms with Crippen LogP contribution in [0.1, 0.15) is 93.4 Å². The summed E-state index contributed by atoms with van der Waals surface area (Å²) in [4.78, 5) is 17.1. The molecule has 1 amide bonds. The molecule has 4 aromatic rings. The van der Waals surface area contributed by atoms with Crippen LogP contribution < -0.4 is 11.1 Å². The lowest BCUT2D eigenvalue weighted by molar-refractivity contribution is 0.0497. The Kier molecular flexibility index (Phi) is 16.8. The topological polar surface area (TPSA) is 70.8 Å². The fourth-order valence-electron chi connectivity index (χ4n) is 7.99. The van der Waals surface area contributed by atoms with Crippen LogP contribution in [0, 0.1) is 34.9 Å². The number of nitrogens with one attached hydrogen (secondary N) is 1. The molecule has 3 N–H and O–H groups in total. The van der Waals surface area contributed by atoms with Gasteiger partial charge in [-0.25, -0.2) is 31.1 Å². The van der Waals surface area contributed by atoms with E-state index in [1.165, 1.54) is 17.5 Å². The molecule has 320 valence electrons. The van der Waals surface area contributed by atoms with Gasteiger partial charge in [-0.1, -0.05) is 60.7 Å². The zero-order valence-electron chi connectivity index (χ0n) is 34.3. The number of carbonyl (C=O) groups excluding carboxylic acids is 1. The van der Waals surface area contributed by atoms with E-state index in [2.05, 4.69) is 51.5 Å². The highest BCUT2D eigenvalue weighted by Crippen LogP contribution is 2.28. The molecule has 0 spiro atoms. The number of piperidine rings is 2. The summed E-state index contributed by atoms with van der Waals surface area (Å²) >= 11 is 0. The molecule has 0 radical (unpaired) electrons. The molecule has 0 aliphatic carbocycles. The van der Waals surface area contributed by atoms with Crippen molar-refractivity contribution in [1.29, 1.82) is 0 Å². The van der Waals surface area contributed by atoms with E-state index in [0.29, 0.717) is 43.4 Å². The highest BCUT2D eigenvalue weighted by molar-refractivity contribution is 5.68. The standard InChI is InChI=1S/C26H33F3N2O2.C21H25F3N2/c1-26(2,3)33-25(32)30-21(14-20-15-23(28)24(29)16-22(20)27)11-13-31-12-7-10-19(17-31)18-8-5-4-6-9-18;22-19-13-21(24)20(23)12-17(19)11-18(25)8-10-26-9-4-7-16(14-26)15-5-2-1-3-6-15/h4-6,8-9,15-16,19,21H,7,10-14,17H2,1-3H3,(H,30,32);1-3,5-6,12-13,16,18H,4,7-11,14,25H2/t19?,21-;16?,18-/m00/s1. The number of hydrogen-bond donors (Lipinski definition) is 2. The number of alkyl carbamates (subject to hydrolysis) is 1. The van der Waals surface area contributed by atoms with E-state index >= 15 is 0 Å².